The Kier molecular flexibility index (Phi) is 11.0. The number of fused-ring (bicyclic) bond motifs is 1. The first kappa shape index (κ1) is 31.1. The van der Waals surface area contributed by atoms with Crippen LogP contribution in [0.5, 0.6) is 0 Å². The second-order valence-electron chi connectivity index (χ2n) is 12.0. The van der Waals surface area contributed by atoms with Gasteiger partial charge < -0.3 is 24.6 Å². The molecule has 0 spiro atoms. The molecular formula is C31H43BO7-2. The molecule has 7 atom stereocenters. The Balaban J connectivity index is 0.000000395. The summed E-state index contributed by atoms with van der Waals surface area (Å²) in [6.45, 7) is 10.3. The number of carbonyl (C=O) groups excluding carboxylic acids is 2. The van der Waals surface area contributed by atoms with Crippen LogP contribution in [-0.4, -0.2) is 42.5 Å². The van der Waals surface area contributed by atoms with Crippen LogP contribution in [0.25, 0.3) is 0 Å². The van der Waals surface area contributed by atoms with Crippen molar-refractivity contribution in [3.63, 3.8) is 0 Å². The molecule has 1 aliphatic heterocycles. The molecule has 0 unspecified atom stereocenters. The normalized spacial score (nSPS) is 30.2. The fourth-order valence-electron chi connectivity index (χ4n) is 5.69. The zero-order valence-corrected chi connectivity index (χ0v) is 23.9. The van der Waals surface area contributed by atoms with Gasteiger partial charge in [-0.1, -0.05) is 76.4 Å². The van der Waals surface area contributed by atoms with Crippen LogP contribution in [-0.2, 0) is 19.1 Å². The first-order valence-corrected chi connectivity index (χ1v) is 14.3. The van der Waals surface area contributed by atoms with E-state index in [1.165, 1.54) is 17.7 Å². The third-order valence-electron chi connectivity index (χ3n) is 8.42. The summed E-state index contributed by atoms with van der Waals surface area (Å²) in [5, 5.41) is 30.3. The smallest absolute Gasteiger partial charge is 0.311 e. The molecule has 0 radical (unpaired) electrons. The Morgan fingerprint density at radius 1 is 1.15 bits per heavy atom. The van der Waals surface area contributed by atoms with Crippen LogP contribution in [0.3, 0.4) is 0 Å². The molecule has 7 nitrogen and oxygen atoms in total. The van der Waals surface area contributed by atoms with Crippen molar-refractivity contribution in [3.8, 4) is 0 Å². The van der Waals surface area contributed by atoms with Crippen molar-refractivity contribution < 1.29 is 34.2 Å². The number of aliphatic hydroxyl groups is 1. The summed E-state index contributed by atoms with van der Waals surface area (Å²) in [6, 6.07) is 8.19. The van der Waals surface area contributed by atoms with E-state index in [1.807, 2.05) is 20.8 Å². The molecular weight excluding hydrogens is 495 g/mol. The number of cyclic esters (lactones) is 1. The predicted molar refractivity (Wildman–Crippen MR) is 147 cm³/mol. The average Bonchev–Trinajstić information content (AvgIpc) is 2.88. The summed E-state index contributed by atoms with van der Waals surface area (Å²) < 4.78 is 11.6. The van der Waals surface area contributed by atoms with Crippen molar-refractivity contribution in [2.24, 2.45) is 29.1 Å². The zero-order valence-electron chi connectivity index (χ0n) is 23.9. The molecule has 3 aliphatic rings. The lowest BCUT2D eigenvalue weighted by molar-refractivity contribution is -0.341. The van der Waals surface area contributed by atoms with Gasteiger partial charge >= 0.3 is 11.9 Å². The Bertz CT molecular complexity index is 1020. The summed E-state index contributed by atoms with van der Waals surface area (Å²) in [5.41, 5.74) is 1.09. The molecule has 214 valence electrons. The fourth-order valence-corrected chi connectivity index (χ4v) is 5.69. The van der Waals surface area contributed by atoms with E-state index in [4.69, 9.17) is 9.47 Å². The van der Waals surface area contributed by atoms with Crippen LogP contribution in [0.4, 0.5) is 0 Å². The molecule has 1 saturated heterocycles. The van der Waals surface area contributed by atoms with E-state index in [0.29, 0.717) is 29.6 Å². The summed E-state index contributed by atoms with van der Waals surface area (Å²) in [5.74, 6) is 0.776. The molecule has 8 heteroatoms. The van der Waals surface area contributed by atoms with Gasteiger partial charge in [-0.05, 0) is 62.9 Å². The molecule has 0 bridgehead atoms. The van der Waals surface area contributed by atoms with Gasteiger partial charge in [0.15, 0.2) is 0 Å². The standard InChI is InChI=1S/C25H38O5.C6H5BO2/c1-6-25(4,5)24(28)30-21-12-15(2)11-17-8-7-16(3)20(23(17)21)10-9-19-13-18(26)14-22(27)29-19;8-7(9)6-4-2-1-3-5-6/h7-8,11,15-16,18-21,23,26H,6,9-10,12-14H2,1-5H3;1-5H/q;-2/t15-,16-,18+,19+,20-,21-,23-;/m0./s1. The Morgan fingerprint density at radius 2 is 1.85 bits per heavy atom. The average molecular weight is 538 g/mol. The minimum Gasteiger partial charge on any atom is -0.889 e. The number of ether oxygens (including phenoxy) is 2. The van der Waals surface area contributed by atoms with Gasteiger partial charge in [0.2, 0.25) is 0 Å². The van der Waals surface area contributed by atoms with Gasteiger partial charge in [-0.15, -0.1) is 5.46 Å². The van der Waals surface area contributed by atoms with E-state index in [1.54, 1.807) is 18.2 Å². The van der Waals surface area contributed by atoms with Crippen LogP contribution in [0.2, 0.25) is 0 Å². The second-order valence-corrected chi connectivity index (χ2v) is 12.0. The number of allylic oxidation sites excluding steroid dienone is 3. The molecule has 1 fully saturated rings. The lowest BCUT2D eigenvalue weighted by Gasteiger charge is -2.44. The molecule has 1 N–H and O–H groups in total. The summed E-state index contributed by atoms with van der Waals surface area (Å²) in [6.07, 6.45) is 9.61. The van der Waals surface area contributed by atoms with E-state index in [0.717, 1.165) is 25.7 Å². The minimum atomic E-state index is -1.84. The molecule has 1 aromatic carbocycles. The monoisotopic (exact) mass is 538 g/mol. The maximum atomic E-state index is 12.9. The summed E-state index contributed by atoms with van der Waals surface area (Å²) in [7, 11) is -1.84. The lowest BCUT2D eigenvalue weighted by Crippen LogP contribution is -2.54. The summed E-state index contributed by atoms with van der Waals surface area (Å²) >= 11 is 0. The number of aliphatic hydroxyl groups excluding tert-OH is 1. The zero-order chi connectivity index (χ0) is 28.7. The Hall–Kier alpha value is -2.42. The van der Waals surface area contributed by atoms with Crippen molar-refractivity contribution in [2.75, 3.05) is 0 Å². The van der Waals surface area contributed by atoms with Gasteiger partial charge in [0.25, 0.3) is 0 Å². The number of carbonyl (C=O) groups is 2. The highest BCUT2D eigenvalue weighted by Crippen LogP contribution is 2.45. The van der Waals surface area contributed by atoms with Crippen LogP contribution in [0, 0.1) is 29.1 Å². The summed E-state index contributed by atoms with van der Waals surface area (Å²) in [4.78, 5) is 24.6. The number of hydrogen-bond donors (Lipinski definition) is 1. The van der Waals surface area contributed by atoms with Crippen LogP contribution >= 0.6 is 0 Å². The molecule has 0 saturated carbocycles. The van der Waals surface area contributed by atoms with Crippen LogP contribution in [0.15, 0.2) is 54.1 Å². The highest BCUT2D eigenvalue weighted by atomic mass is 16.6. The Labute approximate surface area is 233 Å². The molecule has 0 aromatic heterocycles. The SMILES string of the molecule is CCC(C)(C)C(=O)O[C@H]1C[C@@H](C)C=C2C=C[C@H](C)[C@H](CC[C@@H]3C[C@@H](O)CC(=O)O3)[C@H]21.[O-]B([O-])c1ccccc1. The minimum absolute atomic E-state index is 0.0949. The maximum Gasteiger partial charge on any atom is 0.311 e. The predicted octanol–water partition coefficient (Wildman–Crippen LogP) is 2.69. The van der Waals surface area contributed by atoms with Crippen molar-refractivity contribution in [1.82, 2.24) is 0 Å². The highest BCUT2D eigenvalue weighted by Gasteiger charge is 2.43. The molecule has 4 rings (SSSR count). The Morgan fingerprint density at radius 3 is 2.44 bits per heavy atom. The third kappa shape index (κ3) is 8.53. The van der Waals surface area contributed by atoms with Crippen LogP contribution in [0.1, 0.15) is 73.1 Å². The van der Waals surface area contributed by atoms with Crippen molar-refractivity contribution in [3.05, 3.63) is 54.1 Å². The van der Waals surface area contributed by atoms with E-state index < -0.39 is 18.6 Å². The number of esters is 2. The molecule has 1 aromatic rings. The molecule has 39 heavy (non-hydrogen) atoms. The number of benzene rings is 1. The van der Waals surface area contributed by atoms with Crippen molar-refractivity contribution >= 4 is 24.5 Å². The van der Waals surface area contributed by atoms with Gasteiger partial charge in [0, 0.05) is 12.3 Å². The molecule has 2 aliphatic carbocycles. The third-order valence-corrected chi connectivity index (χ3v) is 8.42. The van der Waals surface area contributed by atoms with E-state index in [9.17, 15) is 24.7 Å². The largest absolute Gasteiger partial charge is 0.889 e. The highest BCUT2D eigenvalue weighted by molar-refractivity contribution is 6.55. The van der Waals surface area contributed by atoms with Gasteiger partial charge in [-0.2, -0.15) is 0 Å². The molecule has 1 heterocycles. The van der Waals surface area contributed by atoms with Crippen molar-refractivity contribution in [2.45, 2.75) is 91.5 Å². The second kappa shape index (κ2) is 13.8. The first-order chi connectivity index (χ1) is 18.4. The van der Waals surface area contributed by atoms with E-state index >= 15 is 0 Å². The van der Waals surface area contributed by atoms with Gasteiger partial charge in [-0.25, -0.2) is 0 Å². The lowest BCUT2D eigenvalue weighted by atomic mass is 9.65. The molecule has 0 amide bonds. The van der Waals surface area contributed by atoms with Crippen LogP contribution < -0.4 is 15.5 Å². The number of hydrogen-bond acceptors (Lipinski definition) is 7. The van der Waals surface area contributed by atoms with Gasteiger partial charge in [0.05, 0.1) is 17.9 Å². The number of rotatable bonds is 7. The van der Waals surface area contributed by atoms with Crippen molar-refractivity contribution in [1.29, 1.82) is 0 Å². The topological polar surface area (TPSA) is 119 Å². The van der Waals surface area contributed by atoms with E-state index in [-0.39, 0.29) is 36.5 Å². The van der Waals surface area contributed by atoms with E-state index in [2.05, 4.69) is 32.1 Å². The van der Waals surface area contributed by atoms with Gasteiger partial charge in [0.1, 0.15) is 12.2 Å². The fraction of sp³-hybridized carbons (Fsp3) is 0.613. The first-order valence-electron chi connectivity index (χ1n) is 14.3. The maximum absolute atomic E-state index is 12.9. The quantitative estimate of drug-likeness (QED) is 0.419. The van der Waals surface area contributed by atoms with Gasteiger partial charge in [-0.3, -0.25) is 9.59 Å².